The molecule has 3 nitrogen and oxygen atoms in total. The summed E-state index contributed by atoms with van der Waals surface area (Å²) in [6.45, 7) is 7.33. The zero-order valence-corrected chi connectivity index (χ0v) is 10.6. The van der Waals surface area contributed by atoms with Crippen molar-refractivity contribution in [1.29, 1.82) is 0 Å². The van der Waals surface area contributed by atoms with Gasteiger partial charge in [-0.2, -0.15) is 0 Å². The van der Waals surface area contributed by atoms with Crippen LogP contribution < -0.4 is 5.32 Å². The Hall–Kier alpha value is -1.35. The van der Waals surface area contributed by atoms with Gasteiger partial charge < -0.3 is 10.2 Å². The molecule has 0 spiro atoms. The highest BCUT2D eigenvalue weighted by atomic mass is 16.2. The topological polar surface area (TPSA) is 32.3 Å². The summed E-state index contributed by atoms with van der Waals surface area (Å²) < 4.78 is 0. The van der Waals surface area contributed by atoms with Crippen LogP contribution in [0.25, 0.3) is 0 Å². The number of nitrogens with zero attached hydrogens (tertiary/aromatic N) is 1. The molecular formula is C14H20N2O. The molecule has 1 amide bonds. The zero-order chi connectivity index (χ0) is 12.3. The number of nitrogens with one attached hydrogen (secondary N) is 1. The molecule has 3 heteroatoms. The van der Waals surface area contributed by atoms with Gasteiger partial charge in [-0.15, -0.1) is 0 Å². The highest BCUT2D eigenvalue weighted by Crippen LogP contribution is 2.12. The van der Waals surface area contributed by atoms with Crippen molar-refractivity contribution in [2.24, 2.45) is 0 Å². The summed E-state index contributed by atoms with van der Waals surface area (Å²) in [6.07, 6.45) is 0.958. The predicted molar refractivity (Wildman–Crippen MR) is 69.1 cm³/mol. The van der Waals surface area contributed by atoms with E-state index < -0.39 is 0 Å². The van der Waals surface area contributed by atoms with Gasteiger partial charge in [-0.3, -0.25) is 4.79 Å². The number of carbonyl (C=O) groups is 1. The Morgan fingerprint density at radius 3 is 2.94 bits per heavy atom. The molecule has 1 aliphatic heterocycles. The van der Waals surface area contributed by atoms with Crippen molar-refractivity contribution in [2.75, 3.05) is 26.2 Å². The molecule has 1 aliphatic rings. The number of rotatable bonds is 3. The van der Waals surface area contributed by atoms with E-state index in [1.54, 1.807) is 0 Å². The quantitative estimate of drug-likeness (QED) is 0.851. The predicted octanol–water partition coefficient (Wildman–Crippen LogP) is 1.28. The van der Waals surface area contributed by atoms with E-state index in [-0.39, 0.29) is 5.91 Å². The lowest BCUT2D eigenvalue weighted by Crippen LogP contribution is -2.48. The van der Waals surface area contributed by atoms with Crippen molar-refractivity contribution in [3.63, 3.8) is 0 Å². The molecule has 92 valence electrons. The summed E-state index contributed by atoms with van der Waals surface area (Å²) >= 11 is 0. The molecule has 2 rings (SSSR count). The molecule has 0 radical (unpaired) electrons. The second-order valence-electron chi connectivity index (χ2n) is 4.74. The van der Waals surface area contributed by atoms with Crippen LogP contribution in [0.1, 0.15) is 16.7 Å². The minimum atomic E-state index is 0.224. The van der Waals surface area contributed by atoms with Crippen LogP contribution in [0.2, 0.25) is 0 Å². The Morgan fingerprint density at radius 1 is 1.35 bits per heavy atom. The molecule has 17 heavy (non-hydrogen) atoms. The number of carbonyl (C=O) groups excluding carboxylic acids is 1. The van der Waals surface area contributed by atoms with Gasteiger partial charge in [0, 0.05) is 19.6 Å². The van der Waals surface area contributed by atoms with E-state index in [1.165, 1.54) is 16.7 Å². The first-order valence-electron chi connectivity index (χ1n) is 6.21. The Kier molecular flexibility index (Phi) is 3.79. The fourth-order valence-electron chi connectivity index (χ4n) is 2.21. The summed E-state index contributed by atoms with van der Waals surface area (Å²) in [7, 11) is 0. The van der Waals surface area contributed by atoms with Gasteiger partial charge in [0.15, 0.2) is 0 Å². The van der Waals surface area contributed by atoms with E-state index in [0.29, 0.717) is 6.54 Å². The Balaban J connectivity index is 1.97. The largest absolute Gasteiger partial charge is 0.340 e. The minimum absolute atomic E-state index is 0.224. The van der Waals surface area contributed by atoms with Crippen LogP contribution in [0.4, 0.5) is 0 Å². The normalized spacial score (nSPS) is 16.4. The third kappa shape index (κ3) is 3.07. The van der Waals surface area contributed by atoms with Crippen molar-refractivity contribution >= 4 is 5.91 Å². The van der Waals surface area contributed by atoms with Gasteiger partial charge in [-0.05, 0) is 31.4 Å². The van der Waals surface area contributed by atoms with Gasteiger partial charge in [-0.25, -0.2) is 0 Å². The number of amides is 1. The second kappa shape index (κ2) is 5.32. The number of piperazine rings is 1. The van der Waals surface area contributed by atoms with Gasteiger partial charge in [0.1, 0.15) is 0 Å². The van der Waals surface area contributed by atoms with Crippen LogP contribution in [-0.2, 0) is 11.2 Å². The standard InChI is InChI=1S/C14H20N2O/c1-11-3-4-12(2)13(9-11)5-7-16-8-6-15-10-14(16)17/h3-4,9,15H,5-8,10H2,1-2H3. The Labute approximate surface area is 103 Å². The van der Waals surface area contributed by atoms with E-state index >= 15 is 0 Å². The molecule has 1 aromatic rings. The van der Waals surface area contributed by atoms with Gasteiger partial charge in [-0.1, -0.05) is 23.8 Å². The van der Waals surface area contributed by atoms with E-state index in [9.17, 15) is 4.79 Å². The van der Waals surface area contributed by atoms with Crippen LogP contribution in [0.15, 0.2) is 18.2 Å². The fourth-order valence-corrected chi connectivity index (χ4v) is 2.21. The molecule has 1 heterocycles. The van der Waals surface area contributed by atoms with Gasteiger partial charge in [0.05, 0.1) is 6.54 Å². The van der Waals surface area contributed by atoms with Gasteiger partial charge >= 0.3 is 0 Å². The van der Waals surface area contributed by atoms with Crippen LogP contribution in [0.5, 0.6) is 0 Å². The highest BCUT2D eigenvalue weighted by Gasteiger charge is 2.16. The summed E-state index contributed by atoms with van der Waals surface area (Å²) in [5.41, 5.74) is 3.96. The molecule has 0 bridgehead atoms. The monoisotopic (exact) mass is 232 g/mol. The third-order valence-corrected chi connectivity index (χ3v) is 3.34. The summed E-state index contributed by atoms with van der Waals surface area (Å²) in [5.74, 6) is 0.224. The highest BCUT2D eigenvalue weighted by molar-refractivity contribution is 5.79. The molecule has 0 atom stereocenters. The lowest BCUT2D eigenvalue weighted by atomic mass is 10.0. The van der Waals surface area contributed by atoms with Gasteiger partial charge in [0.25, 0.3) is 0 Å². The van der Waals surface area contributed by atoms with Crippen LogP contribution in [-0.4, -0.2) is 37.0 Å². The first-order valence-corrected chi connectivity index (χ1v) is 6.21. The average Bonchev–Trinajstić information content (AvgIpc) is 2.32. The van der Waals surface area contributed by atoms with Gasteiger partial charge in [0.2, 0.25) is 5.91 Å². The van der Waals surface area contributed by atoms with Crippen molar-refractivity contribution in [3.8, 4) is 0 Å². The number of hydrogen-bond acceptors (Lipinski definition) is 2. The number of benzene rings is 1. The molecule has 0 unspecified atom stereocenters. The van der Waals surface area contributed by atoms with E-state index in [0.717, 1.165) is 26.1 Å². The van der Waals surface area contributed by atoms with Crippen LogP contribution in [0.3, 0.4) is 0 Å². The SMILES string of the molecule is Cc1ccc(C)c(CCN2CCNCC2=O)c1. The van der Waals surface area contributed by atoms with Crippen LogP contribution >= 0.6 is 0 Å². The van der Waals surface area contributed by atoms with Crippen molar-refractivity contribution in [1.82, 2.24) is 10.2 Å². The maximum atomic E-state index is 11.6. The number of aryl methyl sites for hydroxylation is 2. The maximum absolute atomic E-state index is 11.6. The summed E-state index contributed by atoms with van der Waals surface area (Å²) in [5, 5.41) is 3.09. The Bertz CT molecular complexity index is 415. The molecule has 0 aromatic heterocycles. The zero-order valence-electron chi connectivity index (χ0n) is 10.6. The van der Waals surface area contributed by atoms with E-state index in [2.05, 4.69) is 37.4 Å². The third-order valence-electron chi connectivity index (χ3n) is 3.34. The maximum Gasteiger partial charge on any atom is 0.236 e. The summed E-state index contributed by atoms with van der Waals surface area (Å²) in [4.78, 5) is 13.6. The van der Waals surface area contributed by atoms with E-state index in [1.807, 2.05) is 4.90 Å². The lowest BCUT2D eigenvalue weighted by Gasteiger charge is -2.27. The molecule has 1 aromatic carbocycles. The van der Waals surface area contributed by atoms with Crippen molar-refractivity contribution < 1.29 is 4.79 Å². The molecule has 0 aliphatic carbocycles. The molecule has 1 fully saturated rings. The second-order valence-corrected chi connectivity index (χ2v) is 4.74. The smallest absolute Gasteiger partial charge is 0.236 e. The molecule has 1 saturated heterocycles. The lowest BCUT2D eigenvalue weighted by molar-refractivity contribution is -0.131. The molecular weight excluding hydrogens is 212 g/mol. The number of hydrogen-bond donors (Lipinski definition) is 1. The van der Waals surface area contributed by atoms with Crippen molar-refractivity contribution in [3.05, 3.63) is 34.9 Å². The fraction of sp³-hybridized carbons (Fsp3) is 0.500. The first-order chi connectivity index (χ1) is 8.16. The molecule has 0 saturated carbocycles. The van der Waals surface area contributed by atoms with Crippen molar-refractivity contribution in [2.45, 2.75) is 20.3 Å². The van der Waals surface area contributed by atoms with E-state index in [4.69, 9.17) is 0 Å². The minimum Gasteiger partial charge on any atom is -0.340 e. The average molecular weight is 232 g/mol. The molecule has 1 N–H and O–H groups in total. The first kappa shape index (κ1) is 12.1. The Morgan fingerprint density at radius 2 is 2.18 bits per heavy atom. The van der Waals surface area contributed by atoms with Crippen LogP contribution in [0, 0.1) is 13.8 Å². The summed E-state index contributed by atoms with van der Waals surface area (Å²) in [6, 6.07) is 6.51.